The average molecular weight is 438 g/mol. The standard InChI is InChI=1S/C18H17Cl2N5O2S/c1-2-25-16(10-27-14-6-3-12(19)4-7-14)23-24-18(25)28-11-17(26)22-15-8-5-13(20)9-21-15/h3-9H,2,10-11H2,1H3,(H,21,22,26). The molecule has 0 aliphatic carbocycles. The molecule has 0 fully saturated rings. The minimum Gasteiger partial charge on any atom is -0.486 e. The smallest absolute Gasteiger partial charge is 0.236 e. The van der Waals surface area contributed by atoms with Gasteiger partial charge in [-0.15, -0.1) is 10.2 Å². The number of carbonyl (C=O) groups excluding carboxylic acids is 1. The SMILES string of the molecule is CCn1c(COc2ccc(Cl)cc2)nnc1SCC(=O)Nc1ccc(Cl)cn1. The van der Waals surface area contributed by atoms with E-state index in [1.807, 2.05) is 11.5 Å². The number of carbonyl (C=O) groups is 1. The molecule has 1 N–H and O–H groups in total. The summed E-state index contributed by atoms with van der Waals surface area (Å²) in [6, 6.07) is 10.4. The van der Waals surface area contributed by atoms with Crippen molar-refractivity contribution in [3.05, 3.63) is 58.5 Å². The van der Waals surface area contributed by atoms with E-state index in [0.29, 0.717) is 39.1 Å². The van der Waals surface area contributed by atoms with Gasteiger partial charge in [-0.2, -0.15) is 0 Å². The highest BCUT2D eigenvalue weighted by Crippen LogP contribution is 2.20. The number of hydrogen-bond donors (Lipinski definition) is 1. The molecule has 0 aliphatic rings. The highest BCUT2D eigenvalue weighted by Gasteiger charge is 2.14. The maximum Gasteiger partial charge on any atom is 0.236 e. The van der Waals surface area contributed by atoms with E-state index in [1.54, 1.807) is 36.4 Å². The van der Waals surface area contributed by atoms with E-state index in [-0.39, 0.29) is 18.3 Å². The number of nitrogens with zero attached hydrogens (tertiary/aromatic N) is 4. The molecular formula is C18H17Cl2N5O2S. The second-order valence-corrected chi connectivity index (χ2v) is 7.40. The average Bonchev–Trinajstić information content (AvgIpc) is 3.09. The minimum atomic E-state index is -0.190. The highest BCUT2D eigenvalue weighted by molar-refractivity contribution is 7.99. The number of thioether (sulfide) groups is 1. The lowest BCUT2D eigenvalue weighted by atomic mass is 10.3. The fourth-order valence-electron chi connectivity index (χ4n) is 2.29. The number of amides is 1. The van der Waals surface area contributed by atoms with Crippen molar-refractivity contribution in [2.24, 2.45) is 0 Å². The lowest BCUT2D eigenvalue weighted by Gasteiger charge is -2.09. The summed E-state index contributed by atoms with van der Waals surface area (Å²) >= 11 is 13.0. The Hall–Kier alpha value is -2.29. The van der Waals surface area contributed by atoms with Crippen LogP contribution in [0.25, 0.3) is 0 Å². The third kappa shape index (κ3) is 5.60. The van der Waals surface area contributed by atoms with Gasteiger partial charge in [-0.3, -0.25) is 4.79 Å². The number of anilines is 1. The Balaban J connectivity index is 1.56. The molecule has 7 nitrogen and oxygen atoms in total. The van der Waals surface area contributed by atoms with Gasteiger partial charge in [-0.05, 0) is 43.3 Å². The molecule has 3 aromatic rings. The van der Waals surface area contributed by atoms with E-state index in [4.69, 9.17) is 27.9 Å². The summed E-state index contributed by atoms with van der Waals surface area (Å²) in [6.07, 6.45) is 1.48. The van der Waals surface area contributed by atoms with Crippen molar-refractivity contribution >= 4 is 46.7 Å². The lowest BCUT2D eigenvalue weighted by Crippen LogP contribution is -2.15. The molecule has 3 rings (SSSR count). The van der Waals surface area contributed by atoms with Gasteiger partial charge < -0.3 is 14.6 Å². The number of halogens is 2. The first-order valence-corrected chi connectivity index (χ1v) is 10.1. The van der Waals surface area contributed by atoms with Gasteiger partial charge >= 0.3 is 0 Å². The number of hydrogen-bond acceptors (Lipinski definition) is 6. The highest BCUT2D eigenvalue weighted by atomic mass is 35.5. The zero-order chi connectivity index (χ0) is 19.9. The molecule has 0 unspecified atom stereocenters. The number of rotatable bonds is 8. The van der Waals surface area contributed by atoms with Crippen molar-refractivity contribution in [1.82, 2.24) is 19.7 Å². The van der Waals surface area contributed by atoms with Crippen molar-refractivity contribution in [3.63, 3.8) is 0 Å². The number of aromatic nitrogens is 4. The Kier molecular flexibility index (Phi) is 7.13. The molecule has 0 saturated heterocycles. The van der Waals surface area contributed by atoms with Crippen LogP contribution in [0.4, 0.5) is 5.82 Å². The third-order valence-electron chi connectivity index (χ3n) is 3.62. The van der Waals surface area contributed by atoms with E-state index in [0.717, 1.165) is 0 Å². The van der Waals surface area contributed by atoms with Crippen molar-refractivity contribution in [3.8, 4) is 5.75 Å². The summed E-state index contributed by atoms with van der Waals surface area (Å²) in [5, 5.41) is 12.9. The number of ether oxygens (including phenoxy) is 1. The molecule has 1 aromatic carbocycles. The number of pyridine rings is 1. The molecule has 0 radical (unpaired) electrons. The van der Waals surface area contributed by atoms with Crippen LogP contribution in [0.3, 0.4) is 0 Å². The summed E-state index contributed by atoms with van der Waals surface area (Å²) in [4.78, 5) is 16.2. The summed E-state index contributed by atoms with van der Waals surface area (Å²) < 4.78 is 7.64. The third-order valence-corrected chi connectivity index (χ3v) is 5.06. The largest absolute Gasteiger partial charge is 0.486 e. The molecule has 1 amide bonds. The zero-order valence-electron chi connectivity index (χ0n) is 14.9. The second kappa shape index (κ2) is 9.77. The quantitative estimate of drug-likeness (QED) is 0.528. The Morgan fingerprint density at radius 3 is 2.57 bits per heavy atom. The monoisotopic (exact) mass is 437 g/mol. The maximum absolute atomic E-state index is 12.1. The van der Waals surface area contributed by atoms with Crippen LogP contribution < -0.4 is 10.1 Å². The van der Waals surface area contributed by atoms with Gasteiger partial charge in [0.1, 0.15) is 18.2 Å². The molecule has 0 aliphatic heterocycles. The van der Waals surface area contributed by atoms with E-state index in [2.05, 4.69) is 20.5 Å². The van der Waals surface area contributed by atoms with Crippen LogP contribution in [0.2, 0.25) is 10.0 Å². The fraction of sp³-hybridized carbons (Fsp3) is 0.222. The Morgan fingerprint density at radius 2 is 1.89 bits per heavy atom. The van der Waals surface area contributed by atoms with Crippen LogP contribution in [0.5, 0.6) is 5.75 Å². The van der Waals surface area contributed by atoms with Crippen molar-refractivity contribution in [2.75, 3.05) is 11.1 Å². The Bertz CT molecular complexity index is 932. The zero-order valence-corrected chi connectivity index (χ0v) is 17.3. The summed E-state index contributed by atoms with van der Waals surface area (Å²) in [5.74, 6) is 1.81. The molecule has 0 spiro atoms. The first-order chi connectivity index (χ1) is 13.5. The normalized spacial score (nSPS) is 10.7. The van der Waals surface area contributed by atoms with Gasteiger partial charge in [0.2, 0.25) is 5.91 Å². The Morgan fingerprint density at radius 1 is 1.14 bits per heavy atom. The predicted octanol–water partition coefficient (Wildman–Crippen LogP) is 4.31. The van der Waals surface area contributed by atoms with Crippen LogP contribution in [0.15, 0.2) is 47.8 Å². The predicted molar refractivity (Wildman–Crippen MR) is 110 cm³/mol. The number of nitrogens with one attached hydrogen (secondary N) is 1. The second-order valence-electron chi connectivity index (χ2n) is 5.58. The van der Waals surface area contributed by atoms with Crippen molar-refractivity contribution < 1.29 is 9.53 Å². The summed E-state index contributed by atoms with van der Waals surface area (Å²) in [5.41, 5.74) is 0. The first kappa shape index (κ1) is 20.4. The van der Waals surface area contributed by atoms with Gasteiger partial charge in [0, 0.05) is 17.8 Å². The molecule has 10 heteroatoms. The van der Waals surface area contributed by atoms with Gasteiger partial charge in [0.25, 0.3) is 0 Å². The van der Waals surface area contributed by atoms with Gasteiger partial charge in [-0.1, -0.05) is 35.0 Å². The summed E-state index contributed by atoms with van der Waals surface area (Å²) in [7, 11) is 0. The fourth-order valence-corrected chi connectivity index (χ4v) is 3.35. The van der Waals surface area contributed by atoms with Crippen LogP contribution in [-0.2, 0) is 17.9 Å². The molecule has 2 aromatic heterocycles. The lowest BCUT2D eigenvalue weighted by molar-refractivity contribution is -0.113. The topological polar surface area (TPSA) is 81.9 Å². The van der Waals surface area contributed by atoms with Crippen molar-refractivity contribution in [1.29, 1.82) is 0 Å². The van der Waals surface area contributed by atoms with Gasteiger partial charge in [0.15, 0.2) is 11.0 Å². The number of benzene rings is 1. The van der Waals surface area contributed by atoms with E-state index < -0.39 is 0 Å². The van der Waals surface area contributed by atoms with E-state index >= 15 is 0 Å². The van der Waals surface area contributed by atoms with Crippen molar-refractivity contribution in [2.45, 2.75) is 25.2 Å². The minimum absolute atomic E-state index is 0.181. The van der Waals surface area contributed by atoms with E-state index in [9.17, 15) is 4.79 Å². The van der Waals surface area contributed by atoms with E-state index in [1.165, 1.54) is 18.0 Å². The van der Waals surface area contributed by atoms with Crippen LogP contribution in [0.1, 0.15) is 12.7 Å². The van der Waals surface area contributed by atoms with Crippen LogP contribution >= 0.6 is 35.0 Å². The van der Waals surface area contributed by atoms with Gasteiger partial charge in [-0.25, -0.2) is 4.98 Å². The van der Waals surface area contributed by atoms with Crippen LogP contribution in [0, 0.1) is 0 Å². The molecular weight excluding hydrogens is 421 g/mol. The molecule has 0 saturated carbocycles. The molecule has 146 valence electrons. The summed E-state index contributed by atoms with van der Waals surface area (Å²) in [6.45, 7) is 2.91. The molecule has 0 atom stereocenters. The molecule has 0 bridgehead atoms. The van der Waals surface area contributed by atoms with Gasteiger partial charge in [0.05, 0.1) is 10.8 Å². The molecule has 28 heavy (non-hydrogen) atoms. The van der Waals surface area contributed by atoms with Crippen LogP contribution in [-0.4, -0.2) is 31.4 Å². The maximum atomic E-state index is 12.1. The first-order valence-electron chi connectivity index (χ1n) is 8.40. The molecule has 2 heterocycles. The Labute approximate surface area is 176 Å².